The zero-order valence-electron chi connectivity index (χ0n) is 11.1. The zero-order chi connectivity index (χ0) is 13.6. The quantitative estimate of drug-likeness (QED) is 0.832. The molecule has 2 aliphatic carbocycles. The summed E-state index contributed by atoms with van der Waals surface area (Å²) in [5, 5.41) is 0. The fraction of sp³-hybridized carbons (Fsp3) is 0.571. The molecule has 3 unspecified atom stereocenters. The molecule has 1 aromatic carbocycles. The average molecular weight is 280 g/mol. The molecule has 0 radical (unpaired) electrons. The zero-order valence-corrected chi connectivity index (χ0v) is 11.9. The molecule has 0 saturated heterocycles. The maximum Gasteiger partial charge on any atom is 0.241 e. The molecule has 19 heavy (non-hydrogen) atoms. The average Bonchev–Trinajstić information content (AvgIpc) is 2.89. The molecule has 104 valence electrons. The van der Waals surface area contributed by atoms with Gasteiger partial charge in [-0.15, -0.1) is 0 Å². The van der Waals surface area contributed by atoms with Crippen LogP contribution in [0.5, 0.6) is 0 Å². The number of rotatable bonds is 3. The molecule has 5 heteroatoms. The number of aryl methyl sites for hydroxylation is 1. The number of hydrogen-bond acceptors (Lipinski definition) is 3. The van der Waals surface area contributed by atoms with Crippen molar-refractivity contribution >= 4 is 15.7 Å². The first-order chi connectivity index (χ1) is 8.95. The Morgan fingerprint density at radius 2 is 2.05 bits per heavy atom. The molecule has 3 N–H and O–H groups in total. The van der Waals surface area contributed by atoms with Gasteiger partial charge in [-0.1, -0.05) is 6.42 Å². The Bertz CT molecular complexity index is 597. The van der Waals surface area contributed by atoms with Crippen molar-refractivity contribution in [1.82, 2.24) is 4.72 Å². The Morgan fingerprint density at radius 3 is 2.63 bits per heavy atom. The fourth-order valence-corrected chi connectivity index (χ4v) is 5.17. The van der Waals surface area contributed by atoms with Crippen LogP contribution in [0.3, 0.4) is 0 Å². The topological polar surface area (TPSA) is 72.2 Å². The fourth-order valence-electron chi connectivity index (χ4n) is 3.63. The molecule has 1 aromatic rings. The van der Waals surface area contributed by atoms with Gasteiger partial charge in [-0.05, 0) is 61.8 Å². The highest BCUT2D eigenvalue weighted by Gasteiger charge is 2.41. The van der Waals surface area contributed by atoms with Crippen LogP contribution in [0.2, 0.25) is 0 Å². The van der Waals surface area contributed by atoms with Crippen LogP contribution in [-0.2, 0) is 10.0 Å². The number of nitrogens with two attached hydrogens (primary N) is 1. The molecule has 2 saturated carbocycles. The maximum absolute atomic E-state index is 12.4. The summed E-state index contributed by atoms with van der Waals surface area (Å²) in [4.78, 5) is 0.351. The summed E-state index contributed by atoms with van der Waals surface area (Å²) in [6.45, 7) is 1.78. The molecule has 0 spiro atoms. The van der Waals surface area contributed by atoms with Gasteiger partial charge in [0.25, 0.3) is 0 Å². The lowest BCUT2D eigenvalue weighted by Gasteiger charge is -2.23. The minimum absolute atomic E-state index is 0.126. The third kappa shape index (κ3) is 2.37. The normalized spacial score (nSPS) is 29.8. The largest absolute Gasteiger partial charge is 0.399 e. The first-order valence-electron chi connectivity index (χ1n) is 6.84. The van der Waals surface area contributed by atoms with Crippen molar-refractivity contribution in [3.05, 3.63) is 23.8 Å². The molecule has 3 atom stereocenters. The Morgan fingerprint density at radius 1 is 1.26 bits per heavy atom. The summed E-state index contributed by atoms with van der Waals surface area (Å²) >= 11 is 0. The van der Waals surface area contributed by atoms with Crippen LogP contribution in [0.25, 0.3) is 0 Å². The summed E-state index contributed by atoms with van der Waals surface area (Å²) in [6, 6.07) is 5.07. The highest BCUT2D eigenvalue weighted by Crippen LogP contribution is 2.44. The Hall–Kier alpha value is -1.07. The summed E-state index contributed by atoms with van der Waals surface area (Å²) in [7, 11) is -3.42. The second-order valence-electron chi connectivity index (χ2n) is 5.93. The van der Waals surface area contributed by atoms with E-state index < -0.39 is 10.0 Å². The van der Waals surface area contributed by atoms with E-state index in [9.17, 15) is 8.42 Å². The van der Waals surface area contributed by atoms with Crippen LogP contribution in [0, 0.1) is 18.8 Å². The van der Waals surface area contributed by atoms with E-state index in [2.05, 4.69) is 4.72 Å². The molecule has 0 heterocycles. The lowest BCUT2D eigenvalue weighted by molar-refractivity contribution is 0.390. The highest BCUT2D eigenvalue weighted by molar-refractivity contribution is 7.89. The van der Waals surface area contributed by atoms with Gasteiger partial charge in [0.15, 0.2) is 0 Å². The van der Waals surface area contributed by atoms with E-state index in [-0.39, 0.29) is 6.04 Å². The number of nitrogens with one attached hydrogen (secondary N) is 1. The van der Waals surface area contributed by atoms with E-state index in [0.29, 0.717) is 22.1 Å². The number of fused-ring (bicyclic) bond motifs is 2. The van der Waals surface area contributed by atoms with E-state index in [4.69, 9.17) is 5.73 Å². The number of anilines is 1. The summed E-state index contributed by atoms with van der Waals surface area (Å²) in [5.74, 6) is 1.26. The Kier molecular flexibility index (Phi) is 3.06. The van der Waals surface area contributed by atoms with Gasteiger partial charge in [0.2, 0.25) is 10.0 Å². The minimum atomic E-state index is -3.42. The molecular formula is C14H20N2O2S. The van der Waals surface area contributed by atoms with Gasteiger partial charge in [-0.3, -0.25) is 0 Å². The first kappa shape index (κ1) is 12.9. The van der Waals surface area contributed by atoms with Gasteiger partial charge in [-0.25, -0.2) is 13.1 Å². The van der Waals surface area contributed by atoms with E-state index in [1.165, 1.54) is 19.3 Å². The lowest BCUT2D eigenvalue weighted by atomic mass is 9.96. The smallest absolute Gasteiger partial charge is 0.241 e. The standard InChI is InChI=1S/C14H20N2O2S/c1-9-6-12(15)4-5-14(9)19(17,18)16-13-8-10-2-3-11(13)7-10/h4-6,10-11,13,16H,2-3,7-8,15H2,1H3. The van der Waals surface area contributed by atoms with Crippen LogP contribution < -0.4 is 10.5 Å². The van der Waals surface area contributed by atoms with Crippen molar-refractivity contribution in [1.29, 1.82) is 0 Å². The molecule has 2 fully saturated rings. The van der Waals surface area contributed by atoms with Crippen LogP contribution >= 0.6 is 0 Å². The number of benzene rings is 1. The molecule has 0 aliphatic heterocycles. The van der Waals surface area contributed by atoms with E-state index in [1.807, 2.05) is 0 Å². The molecule has 0 aromatic heterocycles. The summed E-state index contributed by atoms with van der Waals surface area (Å²) in [6.07, 6.45) is 4.62. The van der Waals surface area contributed by atoms with Gasteiger partial charge in [-0.2, -0.15) is 0 Å². The molecule has 2 aliphatic rings. The monoisotopic (exact) mass is 280 g/mol. The van der Waals surface area contributed by atoms with Crippen molar-refractivity contribution in [2.75, 3.05) is 5.73 Å². The SMILES string of the molecule is Cc1cc(N)ccc1S(=O)(=O)NC1CC2CCC1C2. The Balaban J connectivity index is 1.83. The number of hydrogen-bond donors (Lipinski definition) is 2. The third-order valence-electron chi connectivity index (χ3n) is 4.53. The predicted molar refractivity (Wildman–Crippen MR) is 75.1 cm³/mol. The highest BCUT2D eigenvalue weighted by atomic mass is 32.2. The molecule has 4 nitrogen and oxygen atoms in total. The molecule has 0 amide bonds. The van der Waals surface area contributed by atoms with Crippen molar-refractivity contribution in [2.45, 2.75) is 43.5 Å². The lowest BCUT2D eigenvalue weighted by Crippen LogP contribution is -2.38. The van der Waals surface area contributed by atoms with E-state index >= 15 is 0 Å². The van der Waals surface area contributed by atoms with Crippen LogP contribution in [0.15, 0.2) is 23.1 Å². The van der Waals surface area contributed by atoms with Gasteiger partial charge in [0.05, 0.1) is 4.90 Å². The molecule has 2 bridgehead atoms. The van der Waals surface area contributed by atoms with Crippen molar-refractivity contribution in [2.24, 2.45) is 11.8 Å². The van der Waals surface area contributed by atoms with Crippen molar-refractivity contribution < 1.29 is 8.42 Å². The second-order valence-corrected chi connectivity index (χ2v) is 7.61. The molecular weight excluding hydrogens is 260 g/mol. The van der Waals surface area contributed by atoms with Crippen LogP contribution in [-0.4, -0.2) is 14.5 Å². The van der Waals surface area contributed by atoms with Gasteiger partial charge < -0.3 is 5.73 Å². The van der Waals surface area contributed by atoms with Gasteiger partial charge in [0.1, 0.15) is 0 Å². The first-order valence-corrected chi connectivity index (χ1v) is 8.32. The van der Waals surface area contributed by atoms with Crippen molar-refractivity contribution in [3.8, 4) is 0 Å². The van der Waals surface area contributed by atoms with Gasteiger partial charge in [0, 0.05) is 11.7 Å². The number of nitrogen functional groups attached to an aromatic ring is 1. The van der Waals surface area contributed by atoms with Crippen LogP contribution in [0.1, 0.15) is 31.2 Å². The summed E-state index contributed by atoms with van der Waals surface area (Å²) < 4.78 is 27.8. The van der Waals surface area contributed by atoms with Crippen LogP contribution in [0.4, 0.5) is 5.69 Å². The minimum Gasteiger partial charge on any atom is -0.399 e. The molecule has 3 rings (SSSR count). The number of sulfonamides is 1. The van der Waals surface area contributed by atoms with Gasteiger partial charge >= 0.3 is 0 Å². The second kappa shape index (κ2) is 4.49. The van der Waals surface area contributed by atoms with Crippen molar-refractivity contribution in [3.63, 3.8) is 0 Å². The third-order valence-corrected chi connectivity index (χ3v) is 6.18. The summed E-state index contributed by atoms with van der Waals surface area (Å²) in [5.41, 5.74) is 6.97. The predicted octanol–water partition coefficient (Wildman–Crippen LogP) is 2.04. The maximum atomic E-state index is 12.4. The van der Waals surface area contributed by atoms with E-state index in [0.717, 1.165) is 12.3 Å². The Labute approximate surface area is 114 Å². The van der Waals surface area contributed by atoms with E-state index in [1.54, 1.807) is 25.1 Å².